The van der Waals surface area contributed by atoms with Gasteiger partial charge < -0.3 is 14.2 Å². The van der Waals surface area contributed by atoms with Crippen molar-refractivity contribution in [1.29, 1.82) is 0 Å². The summed E-state index contributed by atoms with van der Waals surface area (Å²) in [6.07, 6.45) is 10.9. The van der Waals surface area contributed by atoms with E-state index in [4.69, 9.17) is 14.2 Å². The molecule has 0 fully saturated rings. The summed E-state index contributed by atoms with van der Waals surface area (Å²) in [6, 6.07) is 19.1. The van der Waals surface area contributed by atoms with Gasteiger partial charge in [0.15, 0.2) is 18.0 Å². The van der Waals surface area contributed by atoms with Gasteiger partial charge in [-0.15, -0.1) is 0 Å². The van der Waals surface area contributed by atoms with Gasteiger partial charge in [0.2, 0.25) is 11.4 Å². The molecule has 2 aromatic carbocycles. The molecule has 0 N–H and O–H groups in total. The minimum absolute atomic E-state index is 0.526. The van der Waals surface area contributed by atoms with E-state index in [-0.39, 0.29) is 0 Å². The topological polar surface area (TPSA) is 31.6 Å². The molecule has 34 heavy (non-hydrogen) atoms. The van der Waals surface area contributed by atoms with Crippen LogP contribution in [-0.2, 0) is 13.0 Å². The monoisotopic (exact) mass is 454 g/mol. The highest BCUT2D eigenvalue weighted by Crippen LogP contribution is 2.31. The normalized spacial score (nSPS) is 15.0. The Balaban J connectivity index is 1.42. The van der Waals surface area contributed by atoms with E-state index < -0.39 is 0 Å². The minimum Gasteiger partial charge on any atom is -0.493 e. The smallest absolute Gasteiger partial charge is 0.205 e. The summed E-state index contributed by atoms with van der Waals surface area (Å²) in [6.45, 7) is 7.46. The number of benzene rings is 2. The summed E-state index contributed by atoms with van der Waals surface area (Å²) in [5.74, 6) is 3.19. The standard InChI is InChI=1S/C30H32NO3/c1-22(2)21-31-26(13-9-23-8-12-25-5-4-16-32-29(25)19-23)6-3-7-27(31)14-10-24-11-15-28-30(20-24)34-18-17-33-28/h3,6-15,19-20,22H,4-5,16-18,21H2,1-2H3/q+1/b13-9+,14-10+. The largest absolute Gasteiger partial charge is 0.493 e. The number of fused-ring (bicyclic) bond motifs is 2. The van der Waals surface area contributed by atoms with Crippen LogP contribution in [0, 0.1) is 5.92 Å². The predicted molar refractivity (Wildman–Crippen MR) is 137 cm³/mol. The lowest BCUT2D eigenvalue weighted by atomic mass is 10.0. The third kappa shape index (κ3) is 5.17. The summed E-state index contributed by atoms with van der Waals surface area (Å²) in [5.41, 5.74) is 5.91. The second kappa shape index (κ2) is 10.2. The SMILES string of the molecule is CC(C)C[n+]1c(/C=C/c2ccc3c(c2)OCCC3)cccc1/C=C/c1ccc2c(c1)OCCO2. The van der Waals surface area contributed by atoms with Gasteiger partial charge in [-0.3, -0.25) is 0 Å². The molecule has 3 aromatic rings. The van der Waals surface area contributed by atoms with Gasteiger partial charge in [0.05, 0.1) is 6.61 Å². The maximum absolute atomic E-state index is 5.86. The Morgan fingerprint density at radius 3 is 2.12 bits per heavy atom. The molecule has 1 aromatic heterocycles. The van der Waals surface area contributed by atoms with Crippen molar-refractivity contribution >= 4 is 24.3 Å². The molecule has 2 aliphatic heterocycles. The molecule has 5 rings (SSSR count). The van der Waals surface area contributed by atoms with Crippen LogP contribution in [0.2, 0.25) is 0 Å². The van der Waals surface area contributed by atoms with Crippen molar-refractivity contribution in [2.45, 2.75) is 33.2 Å². The Hall–Kier alpha value is -3.53. The molecule has 0 radical (unpaired) electrons. The van der Waals surface area contributed by atoms with E-state index in [9.17, 15) is 0 Å². The first kappa shape index (κ1) is 22.3. The number of hydrogen-bond donors (Lipinski definition) is 0. The number of rotatable bonds is 6. The first-order chi connectivity index (χ1) is 16.7. The Bertz CT molecular complexity index is 1140. The zero-order valence-electron chi connectivity index (χ0n) is 20.0. The lowest BCUT2D eigenvalue weighted by Crippen LogP contribution is -2.42. The molecule has 0 spiro atoms. The van der Waals surface area contributed by atoms with Crippen molar-refractivity contribution in [3.8, 4) is 17.2 Å². The molecule has 174 valence electrons. The highest BCUT2D eigenvalue weighted by Gasteiger charge is 2.16. The van der Waals surface area contributed by atoms with Crippen molar-refractivity contribution < 1.29 is 18.8 Å². The van der Waals surface area contributed by atoms with Gasteiger partial charge in [-0.05, 0) is 65.9 Å². The maximum Gasteiger partial charge on any atom is 0.205 e. The second-order valence-electron chi connectivity index (χ2n) is 9.27. The molecule has 0 unspecified atom stereocenters. The quantitative estimate of drug-likeness (QED) is 0.424. The van der Waals surface area contributed by atoms with Crippen molar-refractivity contribution in [3.63, 3.8) is 0 Å². The van der Waals surface area contributed by atoms with Gasteiger partial charge >= 0.3 is 0 Å². The minimum atomic E-state index is 0.526. The van der Waals surface area contributed by atoms with Gasteiger partial charge in [-0.2, -0.15) is 4.57 Å². The molecule has 4 nitrogen and oxygen atoms in total. The number of nitrogens with zero attached hydrogens (tertiary/aromatic N) is 1. The zero-order valence-corrected chi connectivity index (χ0v) is 20.0. The maximum atomic E-state index is 5.86. The van der Waals surface area contributed by atoms with Gasteiger partial charge in [0.1, 0.15) is 19.0 Å². The third-order valence-corrected chi connectivity index (χ3v) is 6.10. The van der Waals surface area contributed by atoms with E-state index in [1.165, 1.54) is 17.0 Å². The fraction of sp³-hybridized carbons (Fsp3) is 0.300. The van der Waals surface area contributed by atoms with Crippen LogP contribution in [-0.4, -0.2) is 19.8 Å². The van der Waals surface area contributed by atoms with Crippen molar-refractivity contribution in [1.82, 2.24) is 0 Å². The fourth-order valence-corrected chi connectivity index (χ4v) is 4.43. The van der Waals surface area contributed by atoms with E-state index in [1.54, 1.807) is 0 Å². The second-order valence-corrected chi connectivity index (χ2v) is 9.27. The molecule has 4 heteroatoms. The summed E-state index contributed by atoms with van der Waals surface area (Å²) >= 11 is 0. The average Bonchev–Trinajstić information content (AvgIpc) is 2.86. The van der Waals surface area contributed by atoms with E-state index in [2.05, 4.69) is 85.2 Å². The van der Waals surface area contributed by atoms with Crippen molar-refractivity contribution in [2.75, 3.05) is 19.8 Å². The summed E-state index contributed by atoms with van der Waals surface area (Å²) < 4.78 is 19.6. The highest BCUT2D eigenvalue weighted by molar-refractivity contribution is 5.70. The first-order valence-electron chi connectivity index (χ1n) is 12.2. The number of aryl methyl sites for hydroxylation is 1. The van der Waals surface area contributed by atoms with Gasteiger partial charge in [0.25, 0.3) is 0 Å². The summed E-state index contributed by atoms with van der Waals surface area (Å²) in [4.78, 5) is 0. The molecule has 0 saturated carbocycles. The molecule has 0 amide bonds. The Morgan fingerprint density at radius 2 is 1.38 bits per heavy atom. The number of aromatic nitrogens is 1. The molecular formula is C30H32NO3+. The van der Waals surface area contributed by atoms with Gasteiger partial charge in [0, 0.05) is 30.2 Å². The van der Waals surface area contributed by atoms with E-state index in [0.717, 1.165) is 54.4 Å². The fourth-order valence-electron chi connectivity index (χ4n) is 4.43. The highest BCUT2D eigenvalue weighted by atomic mass is 16.6. The molecule has 2 aliphatic rings. The van der Waals surface area contributed by atoms with E-state index in [0.29, 0.717) is 19.1 Å². The summed E-state index contributed by atoms with van der Waals surface area (Å²) in [7, 11) is 0. The molecule has 0 atom stereocenters. The predicted octanol–water partition coefficient (Wildman–Crippen LogP) is 6.07. The van der Waals surface area contributed by atoms with Crippen LogP contribution in [0.3, 0.4) is 0 Å². The first-order valence-corrected chi connectivity index (χ1v) is 12.2. The Kier molecular flexibility index (Phi) is 6.66. The molecule has 0 bridgehead atoms. The van der Waals surface area contributed by atoms with Crippen molar-refractivity contribution in [2.24, 2.45) is 5.92 Å². The molecular weight excluding hydrogens is 422 g/mol. The van der Waals surface area contributed by atoms with E-state index in [1.807, 2.05) is 12.1 Å². The van der Waals surface area contributed by atoms with Crippen LogP contribution >= 0.6 is 0 Å². The zero-order chi connectivity index (χ0) is 23.3. The number of hydrogen-bond acceptors (Lipinski definition) is 3. The molecule has 3 heterocycles. The van der Waals surface area contributed by atoms with Crippen LogP contribution in [0.5, 0.6) is 17.2 Å². The molecule has 0 aliphatic carbocycles. The lowest BCUT2D eigenvalue weighted by molar-refractivity contribution is -0.705. The van der Waals surface area contributed by atoms with Crippen LogP contribution in [0.4, 0.5) is 0 Å². The van der Waals surface area contributed by atoms with Crippen molar-refractivity contribution in [3.05, 3.63) is 82.7 Å². The van der Waals surface area contributed by atoms with Gasteiger partial charge in [-0.1, -0.05) is 32.0 Å². The van der Waals surface area contributed by atoms with Crippen LogP contribution < -0.4 is 18.8 Å². The Morgan fingerprint density at radius 1 is 0.735 bits per heavy atom. The van der Waals surface area contributed by atoms with Crippen LogP contribution in [0.1, 0.15) is 48.3 Å². The Labute approximate surface area is 202 Å². The summed E-state index contributed by atoms with van der Waals surface area (Å²) in [5, 5.41) is 0. The number of pyridine rings is 1. The number of ether oxygens (including phenoxy) is 3. The van der Waals surface area contributed by atoms with Crippen LogP contribution in [0.15, 0.2) is 54.6 Å². The van der Waals surface area contributed by atoms with Gasteiger partial charge in [-0.25, -0.2) is 0 Å². The van der Waals surface area contributed by atoms with E-state index >= 15 is 0 Å². The third-order valence-electron chi connectivity index (χ3n) is 6.10. The van der Waals surface area contributed by atoms with Crippen LogP contribution in [0.25, 0.3) is 24.3 Å². The average molecular weight is 455 g/mol. The lowest BCUT2D eigenvalue weighted by Gasteiger charge is -2.18. The molecule has 0 saturated heterocycles.